The first-order valence-corrected chi connectivity index (χ1v) is 6.37. The number of amides is 2. The molecule has 1 fully saturated rings. The molecule has 1 N–H and O–H groups in total. The number of nitrogens with one attached hydrogen (secondary N) is 1. The van der Waals surface area contributed by atoms with E-state index in [-0.39, 0.29) is 11.8 Å². The van der Waals surface area contributed by atoms with Crippen LogP contribution in [-0.4, -0.2) is 24.4 Å². The summed E-state index contributed by atoms with van der Waals surface area (Å²) in [5.74, 6) is 0.00389. The van der Waals surface area contributed by atoms with E-state index in [2.05, 4.69) is 5.32 Å². The second-order valence-corrected chi connectivity index (χ2v) is 5.01. The minimum atomic E-state index is -0.0318. The van der Waals surface area contributed by atoms with E-state index in [4.69, 9.17) is 0 Å². The van der Waals surface area contributed by atoms with Gasteiger partial charge in [-0.25, -0.2) is 0 Å². The summed E-state index contributed by atoms with van der Waals surface area (Å²) in [6.45, 7) is 2.28. The van der Waals surface area contributed by atoms with Crippen molar-refractivity contribution in [3.05, 3.63) is 29.3 Å². The largest absolute Gasteiger partial charge is 0.349 e. The molecule has 1 saturated carbocycles. The van der Waals surface area contributed by atoms with E-state index in [9.17, 15) is 9.59 Å². The smallest absolute Gasteiger partial charge is 0.251 e. The third-order valence-corrected chi connectivity index (χ3v) is 3.54. The van der Waals surface area contributed by atoms with E-state index in [0.717, 1.165) is 37.1 Å². The summed E-state index contributed by atoms with van der Waals surface area (Å²) < 4.78 is 0. The quantitative estimate of drug-likeness (QED) is 0.856. The average molecular weight is 244 g/mol. The molecular formula is C14H16N2O2. The standard InChI is InChI=1S/C14H16N2O2/c1-9(17)16-7-6-10-2-3-11(8-13(10)16)14(18)15-12-4-5-12/h2-3,8,12H,4-7H2,1H3,(H,15,18). The Kier molecular flexibility index (Phi) is 2.58. The maximum Gasteiger partial charge on any atom is 0.251 e. The van der Waals surface area contributed by atoms with Crippen molar-refractivity contribution in [3.8, 4) is 0 Å². The third kappa shape index (κ3) is 1.98. The molecule has 0 unspecified atom stereocenters. The first kappa shape index (κ1) is 11.3. The van der Waals surface area contributed by atoms with Crippen molar-refractivity contribution in [3.63, 3.8) is 0 Å². The summed E-state index contributed by atoms with van der Waals surface area (Å²) in [6.07, 6.45) is 3.03. The summed E-state index contributed by atoms with van der Waals surface area (Å²) in [4.78, 5) is 25.2. The number of carbonyl (C=O) groups is 2. The normalized spacial score (nSPS) is 17.5. The summed E-state index contributed by atoms with van der Waals surface area (Å²) in [5, 5.41) is 2.96. The van der Waals surface area contributed by atoms with Crippen LogP contribution in [0.1, 0.15) is 35.7 Å². The van der Waals surface area contributed by atoms with E-state index in [1.165, 1.54) is 0 Å². The predicted molar refractivity (Wildman–Crippen MR) is 68.7 cm³/mol. The summed E-state index contributed by atoms with van der Waals surface area (Å²) >= 11 is 0. The molecule has 94 valence electrons. The molecule has 18 heavy (non-hydrogen) atoms. The number of carbonyl (C=O) groups excluding carboxylic acids is 2. The summed E-state index contributed by atoms with van der Waals surface area (Å²) in [5.41, 5.74) is 2.69. The zero-order valence-electron chi connectivity index (χ0n) is 10.4. The minimum absolute atomic E-state index is 0.0318. The van der Waals surface area contributed by atoms with Gasteiger partial charge in [-0.15, -0.1) is 0 Å². The van der Waals surface area contributed by atoms with Gasteiger partial charge in [0.05, 0.1) is 0 Å². The van der Waals surface area contributed by atoms with Gasteiger partial charge < -0.3 is 10.2 Å². The Bertz CT molecular complexity index is 521. The van der Waals surface area contributed by atoms with Gasteiger partial charge in [0.2, 0.25) is 5.91 Å². The third-order valence-electron chi connectivity index (χ3n) is 3.54. The van der Waals surface area contributed by atoms with Gasteiger partial charge in [-0.3, -0.25) is 9.59 Å². The van der Waals surface area contributed by atoms with Gasteiger partial charge in [-0.1, -0.05) is 6.07 Å². The molecule has 1 aliphatic heterocycles. The van der Waals surface area contributed by atoms with Gasteiger partial charge in [-0.2, -0.15) is 0 Å². The first-order valence-electron chi connectivity index (χ1n) is 6.37. The van der Waals surface area contributed by atoms with Crippen LogP contribution in [0.3, 0.4) is 0 Å². The Morgan fingerprint density at radius 2 is 2.11 bits per heavy atom. The molecule has 0 radical (unpaired) electrons. The fourth-order valence-corrected chi connectivity index (χ4v) is 2.34. The number of fused-ring (bicyclic) bond motifs is 1. The molecule has 0 atom stereocenters. The number of rotatable bonds is 2. The number of anilines is 1. The van der Waals surface area contributed by atoms with Crippen LogP contribution in [0.4, 0.5) is 5.69 Å². The molecule has 1 aromatic rings. The Morgan fingerprint density at radius 3 is 2.78 bits per heavy atom. The van der Waals surface area contributed by atoms with Crippen molar-refractivity contribution in [2.45, 2.75) is 32.2 Å². The number of hydrogen-bond acceptors (Lipinski definition) is 2. The highest BCUT2D eigenvalue weighted by atomic mass is 16.2. The molecule has 0 bridgehead atoms. The fourth-order valence-electron chi connectivity index (χ4n) is 2.34. The van der Waals surface area contributed by atoms with Crippen LogP contribution < -0.4 is 10.2 Å². The van der Waals surface area contributed by atoms with Crippen LogP contribution in [0.25, 0.3) is 0 Å². The second-order valence-electron chi connectivity index (χ2n) is 5.01. The lowest BCUT2D eigenvalue weighted by Gasteiger charge is -2.15. The molecule has 2 amide bonds. The highest BCUT2D eigenvalue weighted by molar-refractivity contribution is 5.99. The lowest BCUT2D eigenvalue weighted by Crippen LogP contribution is -2.27. The second kappa shape index (κ2) is 4.12. The van der Waals surface area contributed by atoms with Gasteiger partial charge >= 0.3 is 0 Å². The van der Waals surface area contributed by atoms with E-state index >= 15 is 0 Å². The lowest BCUT2D eigenvalue weighted by molar-refractivity contribution is -0.116. The molecule has 4 nitrogen and oxygen atoms in total. The zero-order valence-corrected chi connectivity index (χ0v) is 10.4. The first-order chi connectivity index (χ1) is 8.65. The molecular weight excluding hydrogens is 228 g/mol. The molecule has 1 aliphatic carbocycles. The number of hydrogen-bond donors (Lipinski definition) is 1. The Morgan fingerprint density at radius 1 is 1.33 bits per heavy atom. The fraction of sp³-hybridized carbons (Fsp3) is 0.429. The van der Waals surface area contributed by atoms with E-state index in [0.29, 0.717) is 11.6 Å². The topological polar surface area (TPSA) is 49.4 Å². The Balaban J connectivity index is 1.87. The van der Waals surface area contributed by atoms with Gasteiger partial charge in [0.25, 0.3) is 5.91 Å². The minimum Gasteiger partial charge on any atom is -0.349 e. The molecule has 0 spiro atoms. The van der Waals surface area contributed by atoms with Crippen molar-refractivity contribution in [2.75, 3.05) is 11.4 Å². The van der Waals surface area contributed by atoms with Crippen molar-refractivity contribution >= 4 is 17.5 Å². The Hall–Kier alpha value is -1.84. The average Bonchev–Trinajstić information content (AvgIpc) is 3.05. The summed E-state index contributed by atoms with van der Waals surface area (Å²) in [6, 6.07) is 6.00. The van der Waals surface area contributed by atoms with Gasteiger partial charge in [0.15, 0.2) is 0 Å². The molecule has 1 aromatic carbocycles. The van der Waals surface area contributed by atoms with Crippen LogP contribution >= 0.6 is 0 Å². The van der Waals surface area contributed by atoms with E-state index < -0.39 is 0 Å². The van der Waals surface area contributed by atoms with Crippen molar-refractivity contribution in [1.29, 1.82) is 0 Å². The highest BCUT2D eigenvalue weighted by Gasteiger charge is 2.26. The van der Waals surface area contributed by atoms with Crippen molar-refractivity contribution in [2.24, 2.45) is 0 Å². The maximum absolute atomic E-state index is 12.0. The molecule has 1 heterocycles. The van der Waals surface area contributed by atoms with Crippen molar-refractivity contribution < 1.29 is 9.59 Å². The van der Waals surface area contributed by atoms with Crippen LogP contribution in [-0.2, 0) is 11.2 Å². The lowest BCUT2D eigenvalue weighted by atomic mass is 10.1. The maximum atomic E-state index is 12.0. The predicted octanol–water partition coefficient (Wildman–Crippen LogP) is 1.49. The number of nitrogens with zero attached hydrogens (tertiary/aromatic N) is 1. The highest BCUT2D eigenvalue weighted by Crippen LogP contribution is 2.29. The SMILES string of the molecule is CC(=O)N1CCc2ccc(C(=O)NC3CC3)cc21. The monoisotopic (exact) mass is 244 g/mol. The summed E-state index contributed by atoms with van der Waals surface area (Å²) in [7, 11) is 0. The number of benzene rings is 1. The molecule has 4 heteroatoms. The van der Waals surface area contributed by atoms with E-state index in [1.807, 2.05) is 18.2 Å². The van der Waals surface area contributed by atoms with Gasteiger partial charge in [-0.05, 0) is 37.0 Å². The van der Waals surface area contributed by atoms with Crippen LogP contribution in [0.2, 0.25) is 0 Å². The van der Waals surface area contributed by atoms with Gasteiger partial charge in [0, 0.05) is 30.8 Å². The molecule has 2 aliphatic rings. The van der Waals surface area contributed by atoms with Crippen LogP contribution in [0.5, 0.6) is 0 Å². The van der Waals surface area contributed by atoms with Crippen molar-refractivity contribution in [1.82, 2.24) is 5.32 Å². The zero-order chi connectivity index (χ0) is 12.7. The van der Waals surface area contributed by atoms with E-state index in [1.54, 1.807) is 11.8 Å². The van der Waals surface area contributed by atoms with Crippen LogP contribution in [0.15, 0.2) is 18.2 Å². The molecule has 0 saturated heterocycles. The van der Waals surface area contributed by atoms with Crippen LogP contribution in [0, 0.1) is 0 Å². The van der Waals surface area contributed by atoms with Gasteiger partial charge in [0.1, 0.15) is 0 Å². The molecule has 3 rings (SSSR count). The molecule has 0 aromatic heterocycles. The Labute approximate surface area is 106 Å².